The van der Waals surface area contributed by atoms with Gasteiger partial charge >= 0.3 is 5.97 Å². The molecule has 1 fully saturated rings. The van der Waals surface area contributed by atoms with Gasteiger partial charge in [-0.1, -0.05) is 32.1 Å². The summed E-state index contributed by atoms with van der Waals surface area (Å²) in [6.07, 6.45) is 8.92. The maximum absolute atomic E-state index is 10.6. The van der Waals surface area contributed by atoms with Gasteiger partial charge in [0.2, 0.25) is 0 Å². The van der Waals surface area contributed by atoms with Gasteiger partial charge in [0, 0.05) is 6.92 Å². The standard InChI is InChI=1S/C13H24O3/c1-11(14)16-12(2)15-10-6-9-13-7-4-3-5-8-13/h12-13H,3-10H2,1-2H3. The van der Waals surface area contributed by atoms with Crippen LogP contribution in [-0.2, 0) is 14.3 Å². The van der Waals surface area contributed by atoms with Crippen molar-refractivity contribution in [3.8, 4) is 0 Å². The van der Waals surface area contributed by atoms with E-state index < -0.39 is 6.29 Å². The van der Waals surface area contributed by atoms with Crippen LogP contribution in [-0.4, -0.2) is 18.9 Å². The highest BCUT2D eigenvalue weighted by molar-refractivity contribution is 5.65. The molecule has 0 aromatic carbocycles. The van der Waals surface area contributed by atoms with Gasteiger partial charge in [-0.2, -0.15) is 0 Å². The van der Waals surface area contributed by atoms with Gasteiger partial charge in [0.1, 0.15) is 0 Å². The van der Waals surface area contributed by atoms with Crippen LogP contribution in [0.2, 0.25) is 0 Å². The van der Waals surface area contributed by atoms with Gasteiger partial charge in [0.25, 0.3) is 0 Å². The van der Waals surface area contributed by atoms with E-state index >= 15 is 0 Å². The molecule has 0 spiro atoms. The van der Waals surface area contributed by atoms with Crippen molar-refractivity contribution in [1.82, 2.24) is 0 Å². The normalized spacial score (nSPS) is 19.4. The van der Waals surface area contributed by atoms with Crippen LogP contribution in [0.1, 0.15) is 58.8 Å². The Bertz CT molecular complexity index is 197. The Kier molecular flexibility index (Phi) is 6.46. The number of ether oxygens (including phenoxy) is 2. The lowest BCUT2D eigenvalue weighted by Gasteiger charge is -2.21. The first kappa shape index (κ1) is 13.5. The molecule has 0 aromatic heterocycles. The largest absolute Gasteiger partial charge is 0.436 e. The highest BCUT2D eigenvalue weighted by atomic mass is 16.7. The summed E-state index contributed by atoms with van der Waals surface area (Å²) in [5.41, 5.74) is 0. The van der Waals surface area contributed by atoms with Gasteiger partial charge in [-0.25, -0.2) is 0 Å². The van der Waals surface area contributed by atoms with Gasteiger partial charge in [-0.3, -0.25) is 4.79 Å². The van der Waals surface area contributed by atoms with Crippen LogP contribution >= 0.6 is 0 Å². The second-order valence-electron chi connectivity index (χ2n) is 4.69. The summed E-state index contributed by atoms with van der Waals surface area (Å²) in [6, 6.07) is 0. The predicted molar refractivity (Wildman–Crippen MR) is 63.0 cm³/mol. The maximum atomic E-state index is 10.6. The van der Waals surface area contributed by atoms with E-state index in [0.29, 0.717) is 6.61 Å². The zero-order valence-electron chi connectivity index (χ0n) is 10.5. The highest BCUT2D eigenvalue weighted by Gasteiger charge is 2.13. The molecule has 1 aliphatic rings. The predicted octanol–water partition coefficient (Wildman–Crippen LogP) is 3.27. The minimum Gasteiger partial charge on any atom is -0.436 e. The van der Waals surface area contributed by atoms with E-state index in [2.05, 4.69) is 0 Å². The lowest BCUT2D eigenvalue weighted by molar-refractivity contribution is -0.172. The first-order chi connectivity index (χ1) is 7.68. The summed E-state index contributed by atoms with van der Waals surface area (Å²) in [6.45, 7) is 3.87. The number of carbonyl (C=O) groups is 1. The van der Waals surface area contributed by atoms with Crippen LogP contribution in [0.15, 0.2) is 0 Å². The summed E-state index contributed by atoms with van der Waals surface area (Å²) in [5, 5.41) is 0. The molecule has 0 amide bonds. The second kappa shape index (κ2) is 7.66. The fraction of sp³-hybridized carbons (Fsp3) is 0.923. The molecule has 3 heteroatoms. The third kappa shape index (κ3) is 6.11. The molecule has 1 saturated carbocycles. The molecule has 1 rings (SSSR count). The summed E-state index contributed by atoms with van der Waals surface area (Å²) < 4.78 is 10.3. The van der Waals surface area contributed by atoms with Crippen LogP contribution in [0, 0.1) is 5.92 Å². The topological polar surface area (TPSA) is 35.5 Å². The van der Waals surface area contributed by atoms with Crippen LogP contribution < -0.4 is 0 Å². The van der Waals surface area contributed by atoms with Crippen molar-refractivity contribution in [1.29, 1.82) is 0 Å². The zero-order chi connectivity index (χ0) is 11.8. The third-order valence-corrected chi connectivity index (χ3v) is 3.17. The summed E-state index contributed by atoms with van der Waals surface area (Å²) in [4.78, 5) is 10.6. The minimum absolute atomic E-state index is 0.278. The van der Waals surface area contributed by atoms with Crippen molar-refractivity contribution in [2.45, 2.75) is 65.1 Å². The van der Waals surface area contributed by atoms with Gasteiger partial charge < -0.3 is 9.47 Å². The zero-order valence-corrected chi connectivity index (χ0v) is 10.5. The average molecular weight is 228 g/mol. The van der Waals surface area contributed by atoms with Crippen molar-refractivity contribution in [2.75, 3.05) is 6.61 Å². The van der Waals surface area contributed by atoms with Crippen molar-refractivity contribution in [3.05, 3.63) is 0 Å². The molecule has 0 bridgehead atoms. The van der Waals surface area contributed by atoms with Crippen molar-refractivity contribution in [2.24, 2.45) is 5.92 Å². The second-order valence-corrected chi connectivity index (χ2v) is 4.69. The lowest BCUT2D eigenvalue weighted by Crippen LogP contribution is -2.17. The van der Waals surface area contributed by atoms with Crippen LogP contribution in [0.25, 0.3) is 0 Å². The molecule has 0 heterocycles. The van der Waals surface area contributed by atoms with E-state index in [4.69, 9.17) is 9.47 Å². The summed E-state index contributed by atoms with van der Waals surface area (Å²) in [7, 11) is 0. The Morgan fingerprint density at radius 2 is 2.00 bits per heavy atom. The van der Waals surface area contributed by atoms with E-state index in [9.17, 15) is 4.79 Å². The Labute approximate surface area is 98.5 Å². The van der Waals surface area contributed by atoms with Crippen molar-refractivity contribution in [3.63, 3.8) is 0 Å². The van der Waals surface area contributed by atoms with Gasteiger partial charge in [-0.15, -0.1) is 0 Å². The fourth-order valence-corrected chi connectivity index (χ4v) is 2.36. The van der Waals surface area contributed by atoms with E-state index in [1.165, 1.54) is 45.4 Å². The van der Waals surface area contributed by atoms with Crippen LogP contribution in [0.4, 0.5) is 0 Å². The fourth-order valence-electron chi connectivity index (χ4n) is 2.36. The summed E-state index contributed by atoms with van der Waals surface area (Å²) >= 11 is 0. The Morgan fingerprint density at radius 3 is 2.62 bits per heavy atom. The van der Waals surface area contributed by atoms with E-state index in [-0.39, 0.29) is 5.97 Å². The average Bonchev–Trinajstić information content (AvgIpc) is 2.25. The molecule has 1 atom stereocenters. The first-order valence-electron chi connectivity index (χ1n) is 6.47. The van der Waals surface area contributed by atoms with Crippen molar-refractivity contribution < 1.29 is 14.3 Å². The SMILES string of the molecule is CC(=O)OC(C)OCCCC1CCCCC1. The number of rotatable bonds is 6. The first-order valence-corrected chi connectivity index (χ1v) is 6.47. The quantitative estimate of drug-likeness (QED) is 0.397. The molecule has 0 aliphatic heterocycles. The smallest absolute Gasteiger partial charge is 0.304 e. The minimum atomic E-state index is -0.399. The molecule has 0 saturated heterocycles. The van der Waals surface area contributed by atoms with E-state index in [1.807, 2.05) is 0 Å². The molecule has 0 aromatic rings. The molecular weight excluding hydrogens is 204 g/mol. The summed E-state index contributed by atoms with van der Waals surface area (Å²) in [5.74, 6) is 0.626. The Balaban J connectivity index is 1.96. The molecule has 1 unspecified atom stereocenters. The lowest BCUT2D eigenvalue weighted by atomic mass is 9.86. The Hall–Kier alpha value is -0.570. The van der Waals surface area contributed by atoms with E-state index in [0.717, 1.165) is 12.3 Å². The Morgan fingerprint density at radius 1 is 1.31 bits per heavy atom. The van der Waals surface area contributed by atoms with Gasteiger partial charge in [0.15, 0.2) is 6.29 Å². The molecular formula is C13H24O3. The molecule has 0 N–H and O–H groups in total. The molecule has 0 radical (unpaired) electrons. The molecule has 16 heavy (non-hydrogen) atoms. The van der Waals surface area contributed by atoms with E-state index in [1.54, 1.807) is 6.92 Å². The number of hydrogen-bond acceptors (Lipinski definition) is 3. The molecule has 94 valence electrons. The van der Waals surface area contributed by atoms with Crippen LogP contribution in [0.3, 0.4) is 0 Å². The number of esters is 1. The maximum Gasteiger partial charge on any atom is 0.304 e. The monoisotopic (exact) mass is 228 g/mol. The van der Waals surface area contributed by atoms with Gasteiger partial charge in [0.05, 0.1) is 6.61 Å². The van der Waals surface area contributed by atoms with Crippen molar-refractivity contribution >= 4 is 5.97 Å². The van der Waals surface area contributed by atoms with Crippen LogP contribution in [0.5, 0.6) is 0 Å². The molecule has 3 nitrogen and oxygen atoms in total. The highest BCUT2D eigenvalue weighted by Crippen LogP contribution is 2.27. The number of hydrogen-bond donors (Lipinski definition) is 0. The van der Waals surface area contributed by atoms with Gasteiger partial charge in [-0.05, 0) is 25.7 Å². The number of carbonyl (C=O) groups excluding carboxylic acids is 1. The molecule has 1 aliphatic carbocycles. The third-order valence-electron chi connectivity index (χ3n) is 3.17.